The summed E-state index contributed by atoms with van der Waals surface area (Å²) in [7, 11) is 0. The van der Waals surface area contributed by atoms with E-state index in [9.17, 15) is 9.59 Å². The van der Waals surface area contributed by atoms with Crippen molar-refractivity contribution in [3.63, 3.8) is 0 Å². The number of carbonyl (C=O) groups excluding carboxylic acids is 2. The number of esters is 1. The predicted molar refractivity (Wildman–Crippen MR) is 115 cm³/mol. The van der Waals surface area contributed by atoms with Crippen molar-refractivity contribution in [2.75, 3.05) is 44.3 Å². The summed E-state index contributed by atoms with van der Waals surface area (Å²) in [6.07, 6.45) is 7.49. The molecule has 1 aliphatic heterocycles. The highest BCUT2D eigenvalue weighted by Crippen LogP contribution is 2.18. The molecule has 1 aliphatic rings. The second-order valence-electron chi connectivity index (χ2n) is 6.84. The van der Waals surface area contributed by atoms with Crippen LogP contribution in [0.2, 0.25) is 0 Å². The predicted octanol–water partition coefficient (Wildman–Crippen LogP) is 4.42. The zero-order chi connectivity index (χ0) is 21.1. The molecule has 0 aromatic heterocycles. The number of anilines is 1. The van der Waals surface area contributed by atoms with Crippen LogP contribution in [0.15, 0.2) is 48.1 Å². The number of benzene rings is 1. The summed E-state index contributed by atoms with van der Waals surface area (Å²) in [4.78, 5) is 28.3. The van der Waals surface area contributed by atoms with Crippen LogP contribution < -0.4 is 4.90 Å². The lowest BCUT2D eigenvalue weighted by molar-refractivity contribution is 0.0526. The number of rotatable bonds is 7. The number of carbonyl (C=O) groups is 2. The number of nitrogens with zero attached hydrogens (tertiary/aromatic N) is 2. The molecule has 0 saturated carbocycles. The third-order valence-corrected chi connectivity index (χ3v) is 4.71. The first-order valence-electron chi connectivity index (χ1n) is 10.3. The molecule has 0 radical (unpaired) electrons. The molecule has 0 atom stereocenters. The van der Waals surface area contributed by atoms with Gasteiger partial charge < -0.3 is 19.3 Å². The molecular weight excluding hydrogens is 368 g/mol. The molecule has 0 bridgehead atoms. The third kappa shape index (κ3) is 6.97. The van der Waals surface area contributed by atoms with E-state index in [0.717, 1.165) is 37.2 Å². The molecule has 6 nitrogen and oxygen atoms in total. The maximum absolute atomic E-state index is 12.5. The van der Waals surface area contributed by atoms with Crippen LogP contribution >= 0.6 is 0 Å². The van der Waals surface area contributed by atoms with Gasteiger partial charge in [0.15, 0.2) is 0 Å². The molecule has 0 unspecified atom stereocenters. The lowest BCUT2D eigenvalue weighted by Gasteiger charge is -2.23. The van der Waals surface area contributed by atoms with Gasteiger partial charge in [-0.25, -0.2) is 9.59 Å². The standard InChI is InChI=1S/C23H32N2O4/c1-4-8-19(9-5-2)18-29-23(27)25-15-7-14-24(16-17-25)21-12-10-20(11-13-21)22(26)28-6-3/h4,8-13H,5-7,14-18H2,1-3H3/b8-4-,19-9+. The summed E-state index contributed by atoms with van der Waals surface area (Å²) in [5, 5.41) is 0. The van der Waals surface area contributed by atoms with E-state index in [1.54, 1.807) is 24.0 Å². The summed E-state index contributed by atoms with van der Waals surface area (Å²) < 4.78 is 10.5. The van der Waals surface area contributed by atoms with E-state index in [2.05, 4.69) is 17.9 Å². The molecule has 1 saturated heterocycles. The smallest absolute Gasteiger partial charge is 0.410 e. The lowest BCUT2D eigenvalue weighted by Crippen LogP contribution is -2.35. The van der Waals surface area contributed by atoms with E-state index in [4.69, 9.17) is 9.47 Å². The molecule has 0 N–H and O–H groups in total. The van der Waals surface area contributed by atoms with E-state index in [1.165, 1.54) is 0 Å². The van der Waals surface area contributed by atoms with Gasteiger partial charge in [0, 0.05) is 31.9 Å². The average Bonchev–Trinajstić information content (AvgIpc) is 2.99. The Labute approximate surface area is 173 Å². The molecule has 6 heteroatoms. The largest absolute Gasteiger partial charge is 0.462 e. The fourth-order valence-corrected chi connectivity index (χ4v) is 3.27. The highest BCUT2D eigenvalue weighted by molar-refractivity contribution is 5.89. The highest BCUT2D eigenvalue weighted by atomic mass is 16.6. The van der Waals surface area contributed by atoms with Crippen molar-refractivity contribution >= 4 is 17.7 Å². The van der Waals surface area contributed by atoms with Gasteiger partial charge in [0.2, 0.25) is 0 Å². The summed E-state index contributed by atoms with van der Waals surface area (Å²) in [6.45, 7) is 9.32. The van der Waals surface area contributed by atoms with E-state index in [0.29, 0.717) is 31.9 Å². The van der Waals surface area contributed by atoms with Crippen LogP contribution in [0.3, 0.4) is 0 Å². The van der Waals surface area contributed by atoms with Crippen LogP contribution in [-0.4, -0.2) is 56.4 Å². The fourth-order valence-electron chi connectivity index (χ4n) is 3.27. The van der Waals surface area contributed by atoms with Gasteiger partial charge >= 0.3 is 12.1 Å². The minimum atomic E-state index is -0.307. The Hall–Kier alpha value is -2.76. The second-order valence-corrected chi connectivity index (χ2v) is 6.84. The van der Waals surface area contributed by atoms with E-state index >= 15 is 0 Å². The van der Waals surface area contributed by atoms with Gasteiger partial charge in [0.05, 0.1) is 12.2 Å². The molecule has 29 heavy (non-hydrogen) atoms. The Morgan fingerprint density at radius 2 is 1.79 bits per heavy atom. The van der Waals surface area contributed by atoms with Gasteiger partial charge in [-0.2, -0.15) is 0 Å². The molecule has 0 spiro atoms. The summed E-state index contributed by atoms with van der Waals surface area (Å²) >= 11 is 0. The van der Waals surface area contributed by atoms with Gasteiger partial charge in [-0.1, -0.05) is 25.2 Å². The number of allylic oxidation sites excluding steroid dienone is 2. The number of amides is 1. The molecule has 2 rings (SSSR count). The van der Waals surface area contributed by atoms with Crippen molar-refractivity contribution in [3.8, 4) is 0 Å². The number of hydrogen-bond acceptors (Lipinski definition) is 5. The number of ether oxygens (including phenoxy) is 2. The van der Waals surface area contributed by atoms with Crippen molar-refractivity contribution in [1.29, 1.82) is 0 Å². The van der Waals surface area contributed by atoms with Crippen LogP contribution in [0.1, 0.15) is 44.0 Å². The Bertz CT molecular complexity index is 725. The highest BCUT2D eigenvalue weighted by Gasteiger charge is 2.20. The molecule has 1 amide bonds. The van der Waals surface area contributed by atoms with Gasteiger partial charge in [0.25, 0.3) is 0 Å². The summed E-state index contributed by atoms with van der Waals surface area (Å²) in [6, 6.07) is 7.43. The quantitative estimate of drug-likeness (QED) is 0.501. The zero-order valence-corrected chi connectivity index (χ0v) is 17.7. The van der Waals surface area contributed by atoms with Crippen LogP contribution in [0.25, 0.3) is 0 Å². The molecule has 1 aromatic carbocycles. The van der Waals surface area contributed by atoms with E-state index < -0.39 is 0 Å². The molecule has 158 valence electrons. The third-order valence-electron chi connectivity index (χ3n) is 4.71. The lowest BCUT2D eigenvalue weighted by atomic mass is 10.2. The van der Waals surface area contributed by atoms with Crippen LogP contribution in [-0.2, 0) is 9.47 Å². The minimum absolute atomic E-state index is 0.268. The SMILES string of the molecule is C/C=C\C(=C/CC)COC(=O)N1CCCN(c2ccc(C(=O)OCC)cc2)CC1. The first kappa shape index (κ1) is 22.5. The fraction of sp³-hybridized carbons (Fsp3) is 0.478. The molecular formula is C23H32N2O4. The Morgan fingerprint density at radius 1 is 1.03 bits per heavy atom. The topological polar surface area (TPSA) is 59.1 Å². The van der Waals surface area contributed by atoms with Gasteiger partial charge in [-0.15, -0.1) is 0 Å². The van der Waals surface area contributed by atoms with Crippen molar-refractivity contribution in [1.82, 2.24) is 4.90 Å². The maximum atomic E-state index is 12.5. The Morgan fingerprint density at radius 3 is 2.45 bits per heavy atom. The van der Waals surface area contributed by atoms with Crippen molar-refractivity contribution < 1.29 is 19.1 Å². The van der Waals surface area contributed by atoms with Crippen molar-refractivity contribution in [2.45, 2.75) is 33.6 Å². The molecule has 1 heterocycles. The second kappa shape index (κ2) is 11.9. The minimum Gasteiger partial charge on any atom is -0.462 e. The first-order chi connectivity index (χ1) is 14.1. The van der Waals surface area contributed by atoms with Crippen molar-refractivity contribution in [3.05, 3.63) is 53.6 Å². The first-order valence-corrected chi connectivity index (χ1v) is 10.3. The summed E-state index contributed by atoms with van der Waals surface area (Å²) in [5.41, 5.74) is 2.60. The van der Waals surface area contributed by atoms with E-state index in [1.807, 2.05) is 31.2 Å². The molecule has 0 aliphatic carbocycles. The van der Waals surface area contributed by atoms with Gasteiger partial charge in [-0.05, 0) is 56.5 Å². The van der Waals surface area contributed by atoms with Crippen LogP contribution in [0, 0.1) is 0 Å². The van der Waals surface area contributed by atoms with Crippen LogP contribution in [0.4, 0.5) is 10.5 Å². The van der Waals surface area contributed by atoms with Gasteiger partial charge in [-0.3, -0.25) is 0 Å². The van der Waals surface area contributed by atoms with Crippen molar-refractivity contribution in [2.24, 2.45) is 0 Å². The maximum Gasteiger partial charge on any atom is 0.410 e. The molecule has 1 aromatic rings. The Kier molecular flexibility index (Phi) is 9.28. The normalized spacial score (nSPS) is 15.3. The van der Waals surface area contributed by atoms with Gasteiger partial charge in [0.1, 0.15) is 6.61 Å². The zero-order valence-electron chi connectivity index (χ0n) is 17.7. The monoisotopic (exact) mass is 400 g/mol. The number of hydrogen-bond donors (Lipinski definition) is 0. The molecule has 1 fully saturated rings. The Balaban J connectivity index is 1.90. The van der Waals surface area contributed by atoms with E-state index in [-0.39, 0.29) is 12.1 Å². The average molecular weight is 401 g/mol. The van der Waals surface area contributed by atoms with Crippen LogP contribution in [0.5, 0.6) is 0 Å². The summed E-state index contributed by atoms with van der Waals surface area (Å²) in [5.74, 6) is -0.307.